The molecule has 0 radical (unpaired) electrons. The second kappa shape index (κ2) is 6.95. The lowest BCUT2D eigenvalue weighted by Crippen LogP contribution is -2.33. The van der Waals surface area contributed by atoms with E-state index < -0.39 is 13.0 Å². The first-order valence-corrected chi connectivity index (χ1v) is 6.76. The Balaban J connectivity index is 2.16. The van der Waals surface area contributed by atoms with Crippen molar-refractivity contribution in [3.63, 3.8) is 0 Å². The van der Waals surface area contributed by atoms with E-state index in [1.54, 1.807) is 0 Å². The van der Waals surface area contributed by atoms with Gasteiger partial charge in [0.2, 0.25) is 0 Å². The van der Waals surface area contributed by atoms with Gasteiger partial charge in [-0.05, 0) is 36.6 Å². The summed E-state index contributed by atoms with van der Waals surface area (Å²) < 4.78 is 38.6. The molecular formula is C14H19F3N2O. The largest absolute Gasteiger partial charge is 0.395 e. The third-order valence-corrected chi connectivity index (χ3v) is 3.27. The minimum atomic E-state index is -2.50. The molecule has 0 atom stereocenters. The van der Waals surface area contributed by atoms with Crippen LogP contribution in [0.2, 0.25) is 0 Å². The summed E-state index contributed by atoms with van der Waals surface area (Å²) in [5, 5.41) is 12.3. The maximum Gasteiger partial charge on any atom is 0.255 e. The highest BCUT2D eigenvalue weighted by Gasteiger charge is 2.22. The quantitative estimate of drug-likeness (QED) is 0.769. The van der Waals surface area contributed by atoms with Gasteiger partial charge in [0.05, 0.1) is 13.2 Å². The number of aliphatic hydroxyl groups is 1. The van der Waals surface area contributed by atoms with E-state index in [4.69, 9.17) is 5.11 Å². The van der Waals surface area contributed by atoms with Crippen molar-refractivity contribution in [1.29, 1.82) is 0 Å². The van der Waals surface area contributed by atoms with Gasteiger partial charge in [-0.2, -0.15) is 0 Å². The van der Waals surface area contributed by atoms with Crippen LogP contribution in [0.1, 0.15) is 18.4 Å². The van der Waals surface area contributed by atoms with Crippen molar-refractivity contribution >= 4 is 5.69 Å². The Morgan fingerprint density at radius 2 is 2.10 bits per heavy atom. The van der Waals surface area contributed by atoms with Gasteiger partial charge in [-0.1, -0.05) is 0 Å². The summed E-state index contributed by atoms with van der Waals surface area (Å²) in [5.74, 6) is -0.387. The predicted octanol–water partition coefficient (Wildman–Crippen LogP) is 2.14. The zero-order valence-electron chi connectivity index (χ0n) is 11.2. The highest BCUT2D eigenvalue weighted by atomic mass is 19.3. The van der Waals surface area contributed by atoms with Crippen LogP contribution in [-0.2, 0) is 6.54 Å². The van der Waals surface area contributed by atoms with Gasteiger partial charge in [-0.3, -0.25) is 0 Å². The van der Waals surface area contributed by atoms with Crippen LogP contribution in [0, 0.1) is 5.82 Å². The van der Waals surface area contributed by atoms with Crippen molar-refractivity contribution in [3.05, 3.63) is 29.6 Å². The van der Waals surface area contributed by atoms with E-state index in [0.29, 0.717) is 23.8 Å². The van der Waals surface area contributed by atoms with Crippen LogP contribution in [-0.4, -0.2) is 37.3 Å². The minimum absolute atomic E-state index is 0.104. The van der Waals surface area contributed by atoms with Crippen LogP contribution >= 0.6 is 0 Å². The lowest BCUT2D eigenvalue weighted by atomic mass is 10.1. The molecule has 0 aromatic heterocycles. The topological polar surface area (TPSA) is 35.5 Å². The monoisotopic (exact) mass is 288 g/mol. The maximum absolute atomic E-state index is 13.4. The molecule has 112 valence electrons. The minimum Gasteiger partial charge on any atom is -0.395 e. The van der Waals surface area contributed by atoms with Crippen molar-refractivity contribution in [3.8, 4) is 0 Å². The van der Waals surface area contributed by atoms with E-state index in [1.165, 1.54) is 23.1 Å². The molecule has 0 saturated heterocycles. The molecule has 0 aliphatic heterocycles. The molecule has 1 saturated carbocycles. The third kappa shape index (κ3) is 4.38. The van der Waals surface area contributed by atoms with Gasteiger partial charge in [0.15, 0.2) is 0 Å². The number of rotatable bonds is 8. The van der Waals surface area contributed by atoms with Crippen LogP contribution in [0.3, 0.4) is 0 Å². The summed E-state index contributed by atoms with van der Waals surface area (Å²) in [5.41, 5.74) is 1.19. The molecule has 6 heteroatoms. The fourth-order valence-electron chi connectivity index (χ4n) is 2.14. The second-order valence-electron chi connectivity index (χ2n) is 4.99. The lowest BCUT2D eigenvalue weighted by Gasteiger charge is -2.26. The molecule has 0 unspecified atom stereocenters. The number of alkyl halides is 2. The molecule has 3 nitrogen and oxygen atoms in total. The first kappa shape index (κ1) is 15.1. The first-order chi connectivity index (χ1) is 9.60. The normalized spacial score (nSPS) is 14.8. The smallest absolute Gasteiger partial charge is 0.255 e. The fraction of sp³-hybridized carbons (Fsp3) is 0.571. The van der Waals surface area contributed by atoms with Crippen molar-refractivity contribution in [2.24, 2.45) is 0 Å². The zero-order valence-corrected chi connectivity index (χ0v) is 11.2. The Kier molecular flexibility index (Phi) is 5.25. The number of hydrogen-bond acceptors (Lipinski definition) is 3. The molecule has 20 heavy (non-hydrogen) atoms. The Hall–Kier alpha value is -1.27. The second-order valence-corrected chi connectivity index (χ2v) is 4.99. The molecule has 0 bridgehead atoms. The average molecular weight is 288 g/mol. The zero-order chi connectivity index (χ0) is 14.5. The molecule has 1 aliphatic rings. The molecule has 0 amide bonds. The summed E-state index contributed by atoms with van der Waals surface area (Å²) >= 11 is 0. The average Bonchev–Trinajstić information content (AvgIpc) is 3.19. The Labute approximate surface area is 116 Å². The summed E-state index contributed by atoms with van der Waals surface area (Å²) in [6.45, 7) is -0.141. The van der Waals surface area contributed by atoms with Gasteiger partial charge < -0.3 is 15.3 Å². The van der Waals surface area contributed by atoms with Crippen LogP contribution in [0.25, 0.3) is 0 Å². The van der Waals surface area contributed by atoms with E-state index in [2.05, 4.69) is 5.32 Å². The first-order valence-electron chi connectivity index (χ1n) is 6.76. The van der Waals surface area contributed by atoms with Crippen LogP contribution in [0.4, 0.5) is 18.9 Å². The predicted molar refractivity (Wildman–Crippen MR) is 71.6 cm³/mol. The summed E-state index contributed by atoms with van der Waals surface area (Å²) in [7, 11) is 0. The molecule has 1 aromatic rings. The molecular weight excluding hydrogens is 269 g/mol. The van der Waals surface area contributed by atoms with Gasteiger partial charge in [-0.15, -0.1) is 0 Å². The SMILES string of the molecule is OCCN(CC(F)F)c1ccc(F)cc1CNC1CC1. The summed E-state index contributed by atoms with van der Waals surface area (Å²) in [6, 6.07) is 4.57. The molecule has 0 spiro atoms. The Bertz CT molecular complexity index is 438. The fourth-order valence-corrected chi connectivity index (χ4v) is 2.14. The van der Waals surface area contributed by atoms with E-state index in [0.717, 1.165) is 12.8 Å². The van der Waals surface area contributed by atoms with Crippen molar-refractivity contribution in [2.45, 2.75) is 31.9 Å². The van der Waals surface area contributed by atoms with Crippen molar-refractivity contribution < 1.29 is 18.3 Å². The number of halogens is 3. The molecule has 2 rings (SSSR count). The van der Waals surface area contributed by atoms with Gasteiger partial charge in [0.1, 0.15) is 5.82 Å². The van der Waals surface area contributed by atoms with Gasteiger partial charge in [0.25, 0.3) is 6.43 Å². The maximum atomic E-state index is 13.4. The van der Waals surface area contributed by atoms with Crippen LogP contribution < -0.4 is 10.2 Å². The highest BCUT2D eigenvalue weighted by Crippen LogP contribution is 2.25. The van der Waals surface area contributed by atoms with Gasteiger partial charge in [-0.25, -0.2) is 13.2 Å². The standard InChI is InChI=1S/C14H19F3N2O/c15-11-1-4-13(19(5-6-20)9-14(16)17)10(7-11)8-18-12-2-3-12/h1,4,7,12,14,18,20H,2-3,5-6,8-9H2. The van der Waals surface area contributed by atoms with Crippen molar-refractivity contribution in [1.82, 2.24) is 5.32 Å². The van der Waals surface area contributed by atoms with Crippen molar-refractivity contribution in [2.75, 3.05) is 24.6 Å². The van der Waals surface area contributed by atoms with E-state index >= 15 is 0 Å². The molecule has 2 N–H and O–H groups in total. The van der Waals surface area contributed by atoms with Crippen LogP contribution in [0.5, 0.6) is 0 Å². The Morgan fingerprint density at radius 1 is 1.35 bits per heavy atom. The molecule has 1 aromatic carbocycles. The lowest BCUT2D eigenvalue weighted by molar-refractivity contribution is 0.152. The highest BCUT2D eigenvalue weighted by molar-refractivity contribution is 5.54. The third-order valence-electron chi connectivity index (χ3n) is 3.27. The molecule has 1 fully saturated rings. The molecule has 1 aliphatic carbocycles. The van der Waals surface area contributed by atoms with Gasteiger partial charge in [0, 0.05) is 24.8 Å². The van der Waals surface area contributed by atoms with E-state index in [-0.39, 0.29) is 19.0 Å². The van der Waals surface area contributed by atoms with Gasteiger partial charge >= 0.3 is 0 Å². The number of hydrogen-bond donors (Lipinski definition) is 2. The summed E-state index contributed by atoms with van der Waals surface area (Å²) in [6.07, 6.45) is -0.305. The number of nitrogens with zero attached hydrogens (tertiary/aromatic N) is 1. The molecule has 0 heterocycles. The summed E-state index contributed by atoms with van der Waals surface area (Å²) in [4.78, 5) is 1.40. The number of benzene rings is 1. The van der Waals surface area contributed by atoms with E-state index in [9.17, 15) is 13.2 Å². The number of aliphatic hydroxyl groups excluding tert-OH is 1. The van der Waals surface area contributed by atoms with E-state index in [1.807, 2.05) is 0 Å². The van der Waals surface area contributed by atoms with Crippen LogP contribution in [0.15, 0.2) is 18.2 Å². The number of anilines is 1. The number of nitrogens with one attached hydrogen (secondary N) is 1. The Morgan fingerprint density at radius 3 is 2.70 bits per heavy atom.